The van der Waals surface area contributed by atoms with Crippen molar-refractivity contribution in [3.63, 3.8) is 0 Å². The first kappa shape index (κ1) is 14.3. The lowest BCUT2D eigenvalue weighted by atomic mass is 10.3. The molecule has 6 heteroatoms. The van der Waals surface area contributed by atoms with Crippen LogP contribution in [0.15, 0.2) is 12.4 Å². The van der Waals surface area contributed by atoms with Crippen molar-refractivity contribution >= 4 is 17.4 Å². The van der Waals surface area contributed by atoms with Gasteiger partial charge in [0, 0.05) is 44.7 Å². The largest absolute Gasteiger partial charge is 0.478 e. The highest BCUT2D eigenvalue weighted by atomic mass is 35.5. The Hall–Kier alpha value is -1.07. The Morgan fingerprint density at radius 2 is 2.05 bits per heavy atom. The number of anilines is 1. The summed E-state index contributed by atoms with van der Waals surface area (Å²) in [6.45, 7) is 7.74. The van der Waals surface area contributed by atoms with Crippen molar-refractivity contribution < 1.29 is 4.74 Å². The summed E-state index contributed by atoms with van der Waals surface area (Å²) in [7, 11) is 0. The van der Waals surface area contributed by atoms with Gasteiger partial charge in [0.05, 0.1) is 6.61 Å². The average molecular weight is 285 g/mol. The van der Waals surface area contributed by atoms with E-state index in [1.54, 1.807) is 6.33 Å². The van der Waals surface area contributed by atoms with Crippen molar-refractivity contribution in [2.24, 2.45) is 0 Å². The molecule has 1 fully saturated rings. The molecule has 1 aromatic rings. The summed E-state index contributed by atoms with van der Waals surface area (Å²) in [4.78, 5) is 13.1. The van der Waals surface area contributed by atoms with E-state index < -0.39 is 0 Å². The normalized spacial score (nSPS) is 16.6. The predicted octanol–water partition coefficient (Wildman–Crippen LogP) is 1.63. The fourth-order valence-corrected chi connectivity index (χ4v) is 2.35. The van der Waals surface area contributed by atoms with E-state index in [-0.39, 0.29) is 0 Å². The third-order valence-electron chi connectivity index (χ3n) is 3.18. The molecule has 2 rings (SSSR count). The van der Waals surface area contributed by atoms with Gasteiger partial charge in [-0.1, -0.05) is 6.92 Å². The number of halogens is 1. The van der Waals surface area contributed by atoms with Crippen molar-refractivity contribution in [2.75, 3.05) is 50.1 Å². The minimum Gasteiger partial charge on any atom is -0.478 e. The van der Waals surface area contributed by atoms with Crippen molar-refractivity contribution in [3.05, 3.63) is 12.4 Å². The van der Waals surface area contributed by atoms with E-state index in [2.05, 4.69) is 26.7 Å². The first-order valence-electron chi connectivity index (χ1n) is 6.81. The summed E-state index contributed by atoms with van der Waals surface area (Å²) in [6.07, 6.45) is 2.56. The molecule has 0 spiro atoms. The number of alkyl halides is 1. The third-order valence-corrected chi connectivity index (χ3v) is 3.35. The molecule has 0 bridgehead atoms. The van der Waals surface area contributed by atoms with E-state index in [1.165, 1.54) is 0 Å². The van der Waals surface area contributed by atoms with Crippen LogP contribution in [0.3, 0.4) is 0 Å². The molecular weight excluding hydrogens is 264 g/mol. The zero-order valence-electron chi connectivity index (χ0n) is 11.4. The fraction of sp³-hybridized carbons (Fsp3) is 0.692. The molecule has 2 heterocycles. The van der Waals surface area contributed by atoms with E-state index in [0.717, 1.165) is 45.0 Å². The predicted molar refractivity (Wildman–Crippen MR) is 77.2 cm³/mol. The molecule has 1 aliphatic heterocycles. The molecule has 0 unspecified atom stereocenters. The van der Waals surface area contributed by atoms with Gasteiger partial charge in [-0.25, -0.2) is 9.97 Å². The molecule has 1 aliphatic rings. The van der Waals surface area contributed by atoms with Gasteiger partial charge in [0.2, 0.25) is 5.88 Å². The molecule has 5 nitrogen and oxygen atoms in total. The van der Waals surface area contributed by atoms with Crippen LogP contribution in [-0.2, 0) is 0 Å². The number of nitrogens with zero attached hydrogens (tertiary/aromatic N) is 4. The summed E-state index contributed by atoms with van der Waals surface area (Å²) in [6, 6.07) is 1.92. The Bertz CT molecular complexity index is 383. The SMILES string of the molecule is CCCOc1cc(N2CCN(CCCl)CC2)ncn1. The fourth-order valence-electron chi connectivity index (χ4n) is 2.11. The van der Waals surface area contributed by atoms with Gasteiger partial charge in [-0.2, -0.15) is 0 Å². The zero-order valence-corrected chi connectivity index (χ0v) is 12.1. The number of rotatable bonds is 6. The van der Waals surface area contributed by atoms with Crippen molar-refractivity contribution in [1.82, 2.24) is 14.9 Å². The van der Waals surface area contributed by atoms with Crippen LogP contribution in [0.5, 0.6) is 5.88 Å². The molecule has 0 aliphatic carbocycles. The van der Waals surface area contributed by atoms with Gasteiger partial charge in [-0.3, -0.25) is 4.90 Å². The van der Waals surface area contributed by atoms with Gasteiger partial charge in [0.25, 0.3) is 0 Å². The second kappa shape index (κ2) is 7.50. The Morgan fingerprint density at radius 1 is 1.26 bits per heavy atom. The summed E-state index contributed by atoms with van der Waals surface area (Å²) in [5.74, 6) is 2.31. The smallest absolute Gasteiger partial charge is 0.218 e. The van der Waals surface area contributed by atoms with Crippen LogP contribution < -0.4 is 9.64 Å². The second-order valence-electron chi connectivity index (χ2n) is 4.58. The molecule has 0 atom stereocenters. The van der Waals surface area contributed by atoms with Crippen LogP contribution in [0, 0.1) is 0 Å². The van der Waals surface area contributed by atoms with Gasteiger partial charge >= 0.3 is 0 Å². The lowest BCUT2D eigenvalue weighted by Gasteiger charge is -2.34. The van der Waals surface area contributed by atoms with Crippen LogP contribution >= 0.6 is 11.6 Å². The van der Waals surface area contributed by atoms with Crippen molar-refractivity contribution in [2.45, 2.75) is 13.3 Å². The van der Waals surface area contributed by atoms with Crippen molar-refractivity contribution in [3.8, 4) is 5.88 Å². The number of hydrogen-bond acceptors (Lipinski definition) is 5. The second-order valence-corrected chi connectivity index (χ2v) is 4.96. The summed E-state index contributed by atoms with van der Waals surface area (Å²) < 4.78 is 5.54. The molecule has 0 aromatic carbocycles. The molecule has 0 N–H and O–H groups in total. The highest BCUT2D eigenvalue weighted by molar-refractivity contribution is 6.18. The molecule has 1 saturated heterocycles. The minimum absolute atomic E-state index is 0.662. The molecule has 0 saturated carbocycles. The Balaban J connectivity index is 1.91. The van der Waals surface area contributed by atoms with Gasteiger partial charge in [-0.05, 0) is 6.42 Å². The molecule has 106 valence electrons. The maximum absolute atomic E-state index is 5.77. The van der Waals surface area contributed by atoms with Gasteiger partial charge in [-0.15, -0.1) is 11.6 Å². The lowest BCUT2D eigenvalue weighted by Crippen LogP contribution is -2.47. The summed E-state index contributed by atoms with van der Waals surface area (Å²) in [5.41, 5.74) is 0. The van der Waals surface area contributed by atoms with E-state index >= 15 is 0 Å². The lowest BCUT2D eigenvalue weighted by molar-refractivity contribution is 0.271. The maximum atomic E-state index is 5.77. The number of ether oxygens (including phenoxy) is 1. The van der Waals surface area contributed by atoms with Gasteiger partial charge < -0.3 is 9.64 Å². The van der Waals surface area contributed by atoms with E-state index in [1.807, 2.05) is 6.07 Å². The van der Waals surface area contributed by atoms with E-state index in [9.17, 15) is 0 Å². The molecule has 1 aromatic heterocycles. The first-order chi connectivity index (χ1) is 9.33. The standard InChI is InChI=1S/C13H21ClN4O/c1-2-9-19-13-10-12(15-11-16-13)18-7-5-17(4-3-14)6-8-18/h10-11H,2-9H2,1H3. The molecular formula is C13H21ClN4O. The van der Waals surface area contributed by atoms with Crippen LogP contribution in [0.4, 0.5) is 5.82 Å². The van der Waals surface area contributed by atoms with E-state index in [4.69, 9.17) is 16.3 Å². The van der Waals surface area contributed by atoms with Crippen LogP contribution in [0.2, 0.25) is 0 Å². The first-order valence-corrected chi connectivity index (χ1v) is 7.35. The summed E-state index contributed by atoms with van der Waals surface area (Å²) in [5, 5.41) is 0. The monoisotopic (exact) mass is 284 g/mol. The topological polar surface area (TPSA) is 41.5 Å². The van der Waals surface area contributed by atoms with Crippen LogP contribution in [0.1, 0.15) is 13.3 Å². The highest BCUT2D eigenvalue weighted by Gasteiger charge is 2.17. The van der Waals surface area contributed by atoms with Crippen molar-refractivity contribution in [1.29, 1.82) is 0 Å². The quantitative estimate of drug-likeness (QED) is 0.743. The minimum atomic E-state index is 0.662. The Labute approximate surface area is 119 Å². The van der Waals surface area contributed by atoms with Gasteiger partial charge in [0.15, 0.2) is 0 Å². The average Bonchev–Trinajstić information content (AvgIpc) is 2.46. The Morgan fingerprint density at radius 3 is 2.74 bits per heavy atom. The highest BCUT2D eigenvalue weighted by Crippen LogP contribution is 2.17. The maximum Gasteiger partial charge on any atom is 0.218 e. The molecule has 0 radical (unpaired) electrons. The van der Waals surface area contributed by atoms with Gasteiger partial charge in [0.1, 0.15) is 12.1 Å². The number of hydrogen-bond donors (Lipinski definition) is 0. The zero-order chi connectivity index (χ0) is 13.5. The number of piperazine rings is 1. The Kier molecular flexibility index (Phi) is 5.66. The van der Waals surface area contributed by atoms with Crippen LogP contribution in [0.25, 0.3) is 0 Å². The van der Waals surface area contributed by atoms with Crippen LogP contribution in [-0.4, -0.2) is 60.1 Å². The molecule has 0 amide bonds. The third kappa shape index (κ3) is 4.21. The number of aromatic nitrogens is 2. The van der Waals surface area contributed by atoms with E-state index in [0.29, 0.717) is 18.4 Å². The molecule has 19 heavy (non-hydrogen) atoms. The summed E-state index contributed by atoms with van der Waals surface area (Å²) >= 11 is 5.77.